The third kappa shape index (κ3) is 8.23. The molecular formula is C19H34N4O2. The van der Waals surface area contributed by atoms with Crippen LogP contribution in [0.1, 0.15) is 31.9 Å². The molecule has 0 bridgehead atoms. The highest BCUT2D eigenvalue weighted by Crippen LogP contribution is 2.21. The molecule has 0 aliphatic rings. The van der Waals surface area contributed by atoms with Crippen LogP contribution in [-0.4, -0.2) is 64.9 Å². The zero-order valence-electron chi connectivity index (χ0n) is 16.3. The van der Waals surface area contributed by atoms with Crippen molar-refractivity contribution in [3.8, 4) is 5.75 Å². The van der Waals surface area contributed by atoms with Crippen LogP contribution in [0.15, 0.2) is 29.3 Å². The Hall–Kier alpha value is -1.79. The molecule has 1 rings (SSSR count). The van der Waals surface area contributed by atoms with Crippen molar-refractivity contribution < 1.29 is 9.47 Å². The van der Waals surface area contributed by atoms with Gasteiger partial charge in [-0.3, -0.25) is 4.99 Å². The zero-order chi connectivity index (χ0) is 18.5. The molecule has 0 aromatic heterocycles. The minimum Gasteiger partial charge on any atom is -0.497 e. The van der Waals surface area contributed by atoms with Crippen molar-refractivity contribution in [2.24, 2.45) is 4.99 Å². The molecular weight excluding hydrogens is 316 g/mol. The molecule has 0 aliphatic heterocycles. The maximum Gasteiger partial charge on any atom is 0.191 e. The normalized spacial score (nSPS) is 13.0. The Morgan fingerprint density at radius 2 is 1.88 bits per heavy atom. The number of benzene rings is 1. The van der Waals surface area contributed by atoms with Gasteiger partial charge >= 0.3 is 0 Å². The van der Waals surface area contributed by atoms with Crippen molar-refractivity contribution in [1.29, 1.82) is 0 Å². The summed E-state index contributed by atoms with van der Waals surface area (Å²) < 4.78 is 10.6. The average molecular weight is 351 g/mol. The Labute approximate surface area is 152 Å². The molecule has 0 amide bonds. The molecule has 1 aromatic carbocycles. The van der Waals surface area contributed by atoms with E-state index in [-0.39, 0.29) is 6.04 Å². The molecule has 6 heteroatoms. The second-order valence-electron chi connectivity index (χ2n) is 5.95. The summed E-state index contributed by atoms with van der Waals surface area (Å²) in [4.78, 5) is 6.94. The van der Waals surface area contributed by atoms with Crippen LogP contribution >= 0.6 is 0 Å². The molecule has 1 aromatic rings. The van der Waals surface area contributed by atoms with Gasteiger partial charge in [-0.05, 0) is 52.1 Å². The first-order valence-corrected chi connectivity index (χ1v) is 9.02. The summed E-state index contributed by atoms with van der Waals surface area (Å²) >= 11 is 0. The second kappa shape index (κ2) is 12.6. The number of guanidine groups is 1. The molecule has 0 heterocycles. The van der Waals surface area contributed by atoms with E-state index in [0.717, 1.165) is 44.4 Å². The molecule has 6 nitrogen and oxygen atoms in total. The summed E-state index contributed by atoms with van der Waals surface area (Å²) in [5, 5.41) is 6.66. The van der Waals surface area contributed by atoms with Gasteiger partial charge in [0.2, 0.25) is 0 Å². The lowest BCUT2D eigenvalue weighted by molar-refractivity contribution is 0.145. The van der Waals surface area contributed by atoms with E-state index in [1.807, 2.05) is 19.1 Å². The number of nitrogens with one attached hydrogen (secondary N) is 2. The Kier molecular flexibility index (Phi) is 10.7. The fraction of sp³-hybridized carbons (Fsp3) is 0.632. The highest BCUT2D eigenvalue weighted by Gasteiger charge is 2.14. The lowest BCUT2D eigenvalue weighted by Crippen LogP contribution is -2.38. The SMILES string of the molecule is CCNC(=NCC(c1ccc(OC)cc1)N(C)C)NCCCOCC. The lowest BCUT2D eigenvalue weighted by Gasteiger charge is -2.24. The number of hydrogen-bond acceptors (Lipinski definition) is 4. The third-order valence-electron chi connectivity index (χ3n) is 3.85. The first-order valence-electron chi connectivity index (χ1n) is 9.02. The Balaban J connectivity index is 2.67. The predicted molar refractivity (Wildman–Crippen MR) is 105 cm³/mol. The Morgan fingerprint density at radius 1 is 1.16 bits per heavy atom. The first kappa shape index (κ1) is 21.3. The molecule has 1 atom stereocenters. The molecule has 0 aliphatic carbocycles. The first-order chi connectivity index (χ1) is 12.1. The van der Waals surface area contributed by atoms with Crippen LogP contribution in [0.4, 0.5) is 0 Å². The fourth-order valence-electron chi connectivity index (χ4n) is 2.44. The van der Waals surface area contributed by atoms with Crippen LogP contribution in [0, 0.1) is 0 Å². The number of aliphatic imine (C=N–C) groups is 1. The summed E-state index contributed by atoms with van der Waals surface area (Å²) in [5.41, 5.74) is 1.22. The molecule has 142 valence electrons. The molecule has 0 radical (unpaired) electrons. The molecule has 2 N–H and O–H groups in total. The molecule has 0 saturated heterocycles. The summed E-state index contributed by atoms with van der Waals surface area (Å²) in [6.45, 7) is 7.99. The number of hydrogen-bond donors (Lipinski definition) is 2. The van der Waals surface area contributed by atoms with Crippen LogP contribution in [0.3, 0.4) is 0 Å². The fourth-order valence-corrected chi connectivity index (χ4v) is 2.44. The van der Waals surface area contributed by atoms with Crippen LogP contribution < -0.4 is 15.4 Å². The number of ether oxygens (including phenoxy) is 2. The van der Waals surface area contributed by atoms with E-state index in [4.69, 9.17) is 14.5 Å². The van der Waals surface area contributed by atoms with Gasteiger partial charge in [-0.25, -0.2) is 0 Å². The number of rotatable bonds is 11. The third-order valence-corrected chi connectivity index (χ3v) is 3.85. The predicted octanol–water partition coefficient (Wildman–Crippen LogP) is 2.28. The highest BCUT2D eigenvalue weighted by molar-refractivity contribution is 5.79. The van der Waals surface area contributed by atoms with Gasteiger partial charge in [0.05, 0.1) is 19.7 Å². The van der Waals surface area contributed by atoms with Gasteiger partial charge in [-0.1, -0.05) is 12.1 Å². The van der Waals surface area contributed by atoms with E-state index in [2.05, 4.69) is 48.7 Å². The van der Waals surface area contributed by atoms with Crippen molar-refractivity contribution in [3.63, 3.8) is 0 Å². The van der Waals surface area contributed by atoms with E-state index in [1.54, 1.807) is 7.11 Å². The van der Waals surface area contributed by atoms with E-state index in [0.29, 0.717) is 6.54 Å². The quantitative estimate of drug-likeness (QED) is 0.364. The summed E-state index contributed by atoms with van der Waals surface area (Å²) in [6, 6.07) is 8.40. The second-order valence-corrected chi connectivity index (χ2v) is 5.95. The van der Waals surface area contributed by atoms with E-state index in [9.17, 15) is 0 Å². The Morgan fingerprint density at radius 3 is 2.44 bits per heavy atom. The number of methoxy groups -OCH3 is 1. The maximum atomic E-state index is 5.36. The van der Waals surface area contributed by atoms with Crippen LogP contribution in [0.2, 0.25) is 0 Å². The largest absolute Gasteiger partial charge is 0.497 e. The van der Waals surface area contributed by atoms with Gasteiger partial charge in [0.25, 0.3) is 0 Å². The minimum atomic E-state index is 0.213. The zero-order valence-corrected chi connectivity index (χ0v) is 16.3. The van der Waals surface area contributed by atoms with Gasteiger partial charge in [0.15, 0.2) is 5.96 Å². The van der Waals surface area contributed by atoms with Gasteiger partial charge in [0, 0.05) is 26.3 Å². The average Bonchev–Trinajstić information content (AvgIpc) is 2.61. The number of likely N-dealkylation sites (N-methyl/N-ethyl adjacent to an activating group) is 1. The Bertz CT molecular complexity index is 489. The summed E-state index contributed by atoms with van der Waals surface area (Å²) in [6.07, 6.45) is 0.966. The van der Waals surface area contributed by atoms with Gasteiger partial charge in [-0.2, -0.15) is 0 Å². The lowest BCUT2D eigenvalue weighted by atomic mass is 10.1. The standard InChI is InChI=1S/C19H34N4O2/c1-6-20-19(21-13-8-14-25-7-2)22-15-18(23(3)4)16-9-11-17(24-5)12-10-16/h9-12,18H,6-8,13-15H2,1-5H3,(H2,20,21,22). The smallest absolute Gasteiger partial charge is 0.191 e. The van der Waals surface area contributed by atoms with Gasteiger partial charge in [-0.15, -0.1) is 0 Å². The molecule has 25 heavy (non-hydrogen) atoms. The van der Waals surface area contributed by atoms with Crippen molar-refractivity contribution in [2.75, 3.05) is 54.1 Å². The van der Waals surface area contributed by atoms with Crippen molar-refractivity contribution in [2.45, 2.75) is 26.3 Å². The van der Waals surface area contributed by atoms with Crippen molar-refractivity contribution >= 4 is 5.96 Å². The van der Waals surface area contributed by atoms with E-state index in [1.165, 1.54) is 5.56 Å². The summed E-state index contributed by atoms with van der Waals surface area (Å²) in [5.74, 6) is 1.72. The molecule has 0 fully saturated rings. The van der Waals surface area contributed by atoms with Crippen molar-refractivity contribution in [1.82, 2.24) is 15.5 Å². The van der Waals surface area contributed by atoms with Gasteiger partial charge in [0.1, 0.15) is 5.75 Å². The molecule has 0 saturated carbocycles. The monoisotopic (exact) mass is 350 g/mol. The van der Waals surface area contributed by atoms with Crippen LogP contribution in [-0.2, 0) is 4.74 Å². The van der Waals surface area contributed by atoms with Crippen LogP contribution in [0.25, 0.3) is 0 Å². The summed E-state index contributed by atoms with van der Waals surface area (Å²) in [7, 11) is 5.84. The van der Waals surface area contributed by atoms with Crippen molar-refractivity contribution in [3.05, 3.63) is 29.8 Å². The topological polar surface area (TPSA) is 58.1 Å². The van der Waals surface area contributed by atoms with E-state index >= 15 is 0 Å². The van der Waals surface area contributed by atoms with Gasteiger partial charge < -0.3 is 25.0 Å². The molecule has 0 spiro atoms. The maximum absolute atomic E-state index is 5.36. The highest BCUT2D eigenvalue weighted by atomic mass is 16.5. The van der Waals surface area contributed by atoms with E-state index < -0.39 is 0 Å². The minimum absolute atomic E-state index is 0.213. The number of nitrogens with zero attached hydrogens (tertiary/aromatic N) is 2. The molecule has 1 unspecified atom stereocenters. The van der Waals surface area contributed by atoms with Crippen LogP contribution in [0.5, 0.6) is 5.75 Å².